The molecule has 0 nitrogen and oxygen atoms in total. The molecule has 1 aliphatic carbocycles. The van der Waals surface area contributed by atoms with E-state index in [1.165, 1.54) is 5.92 Å². The molecule has 0 heterocycles. The minimum Gasteiger partial charge on any atom is -0.159 e. The molecule has 1 saturated carbocycles. The van der Waals surface area contributed by atoms with Gasteiger partial charge in [0.2, 0.25) is 0 Å². The van der Waals surface area contributed by atoms with Crippen molar-refractivity contribution in [3.05, 3.63) is 0 Å². The first-order valence-corrected chi connectivity index (χ1v) is 3.41. The van der Waals surface area contributed by atoms with E-state index in [0.29, 0.717) is 0 Å². The van der Waals surface area contributed by atoms with Gasteiger partial charge in [0.15, 0.2) is 0 Å². The Kier molecular flexibility index (Phi) is 1.66. The second-order valence-electron chi connectivity index (χ2n) is 3.51. The largest absolute Gasteiger partial charge is 0.457 e. The normalized spacial score (nSPS) is 27.2. The molecule has 0 saturated heterocycles. The third-order valence-corrected chi connectivity index (χ3v) is 1.90. The molecular formula is C8H9F3. The standard InChI is InChI=1S/C8H9F3/c1-7(2)5-6(7)3-4-8(9,10)11/h6H,5H2,1-2H3. The lowest BCUT2D eigenvalue weighted by Gasteiger charge is -1.94. The van der Waals surface area contributed by atoms with Gasteiger partial charge < -0.3 is 0 Å². The fraction of sp³-hybridized carbons (Fsp3) is 0.750. The van der Waals surface area contributed by atoms with Crippen LogP contribution < -0.4 is 0 Å². The highest BCUT2D eigenvalue weighted by Crippen LogP contribution is 2.51. The molecule has 11 heavy (non-hydrogen) atoms. The Morgan fingerprint density at radius 2 is 1.82 bits per heavy atom. The summed E-state index contributed by atoms with van der Waals surface area (Å²) in [5.74, 6) is 3.45. The number of alkyl halides is 3. The maximum atomic E-state index is 11.5. The van der Waals surface area contributed by atoms with Gasteiger partial charge in [-0.2, -0.15) is 13.2 Å². The molecule has 0 bridgehead atoms. The van der Waals surface area contributed by atoms with E-state index >= 15 is 0 Å². The fourth-order valence-electron chi connectivity index (χ4n) is 0.883. The minimum atomic E-state index is -4.32. The van der Waals surface area contributed by atoms with E-state index in [1.807, 2.05) is 13.8 Å². The van der Waals surface area contributed by atoms with E-state index in [0.717, 1.165) is 6.42 Å². The quantitative estimate of drug-likeness (QED) is 0.480. The molecule has 0 amide bonds. The zero-order chi connectivity index (χ0) is 8.70. The Morgan fingerprint density at radius 3 is 2.09 bits per heavy atom. The monoisotopic (exact) mass is 162 g/mol. The molecule has 0 N–H and O–H groups in total. The van der Waals surface area contributed by atoms with Crippen molar-refractivity contribution in [3.8, 4) is 11.8 Å². The van der Waals surface area contributed by atoms with Gasteiger partial charge in [-0.3, -0.25) is 0 Å². The Balaban J connectivity index is 2.49. The van der Waals surface area contributed by atoms with Crippen LogP contribution in [0.1, 0.15) is 20.3 Å². The van der Waals surface area contributed by atoms with Crippen LogP contribution >= 0.6 is 0 Å². The minimum absolute atomic E-state index is 0.0122. The van der Waals surface area contributed by atoms with Gasteiger partial charge in [0.1, 0.15) is 0 Å². The molecule has 1 rings (SSSR count). The fourth-order valence-corrected chi connectivity index (χ4v) is 0.883. The van der Waals surface area contributed by atoms with Crippen molar-refractivity contribution in [3.63, 3.8) is 0 Å². The molecule has 0 spiro atoms. The predicted octanol–water partition coefficient (Wildman–Crippen LogP) is 2.60. The Morgan fingerprint density at radius 1 is 1.36 bits per heavy atom. The predicted molar refractivity (Wildman–Crippen MR) is 35.7 cm³/mol. The van der Waals surface area contributed by atoms with Gasteiger partial charge in [-0.1, -0.05) is 19.8 Å². The summed E-state index contributed by atoms with van der Waals surface area (Å²) in [6.07, 6.45) is -3.53. The third-order valence-electron chi connectivity index (χ3n) is 1.90. The number of halogens is 3. The van der Waals surface area contributed by atoms with Crippen LogP contribution in [0.2, 0.25) is 0 Å². The SMILES string of the molecule is CC1(C)CC1C#CC(F)(F)F. The van der Waals surface area contributed by atoms with Crippen molar-refractivity contribution in [2.75, 3.05) is 0 Å². The van der Waals surface area contributed by atoms with E-state index in [-0.39, 0.29) is 11.3 Å². The van der Waals surface area contributed by atoms with Crippen LogP contribution in [0.3, 0.4) is 0 Å². The zero-order valence-electron chi connectivity index (χ0n) is 6.42. The summed E-state index contributed by atoms with van der Waals surface area (Å²) in [6, 6.07) is 0. The lowest BCUT2D eigenvalue weighted by molar-refractivity contribution is -0.0697. The smallest absolute Gasteiger partial charge is 0.159 e. The van der Waals surface area contributed by atoms with Crippen LogP contribution in [0.15, 0.2) is 0 Å². The van der Waals surface area contributed by atoms with Gasteiger partial charge in [-0.05, 0) is 11.8 Å². The molecule has 1 fully saturated rings. The van der Waals surface area contributed by atoms with E-state index in [2.05, 4.69) is 5.92 Å². The first-order chi connectivity index (χ1) is 4.81. The van der Waals surface area contributed by atoms with Gasteiger partial charge in [0.05, 0.1) is 0 Å². The Bertz CT molecular complexity index is 214. The van der Waals surface area contributed by atoms with Gasteiger partial charge in [-0.25, -0.2) is 0 Å². The molecule has 1 aliphatic rings. The molecule has 0 aromatic rings. The van der Waals surface area contributed by atoms with Crippen LogP contribution in [0.5, 0.6) is 0 Å². The molecule has 1 atom stereocenters. The van der Waals surface area contributed by atoms with E-state index in [1.54, 1.807) is 0 Å². The van der Waals surface area contributed by atoms with Crippen LogP contribution in [0, 0.1) is 23.2 Å². The van der Waals surface area contributed by atoms with Crippen molar-refractivity contribution >= 4 is 0 Å². The second kappa shape index (κ2) is 2.17. The molecule has 0 radical (unpaired) electrons. The molecule has 0 aliphatic heterocycles. The van der Waals surface area contributed by atoms with Crippen molar-refractivity contribution in [1.29, 1.82) is 0 Å². The maximum Gasteiger partial charge on any atom is 0.457 e. The lowest BCUT2D eigenvalue weighted by atomic mass is 10.1. The highest BCUT2D eigenvalue weighted by Gasteiger charge is 2.44. The Labute approximate surface area is 63.8 Å². The topological polar surface area (TPSA) is 0 Å². The third kappa shape index (κ3) is 2.45. The second-order valence-corrected chi connectivity index (χ2v) is 3.51. The highest BCUT2D eigenvalue weighted by molar-refractivity contribution is 5.19. The maximum absolute atomic E-state index is 11.5. The van der Waals surface area contributed by atoms with Crippen LogP contribution in [0.25, 0.3) is 0 Å². The van der Waals surface area contributed by atoms with Gasteiger partial charge in [-0.15, -0.1) is 0 Å². The average molecular weight is 162 g/mol. The summed E-state index contributed by atoms with van der Waals surface area (Å²) in [6.45, 7) is 3.84. The van der Waals surface area contributed by atoms with E-state index in [9.17, 15) is 13.2 Å². The van der Waals surface area contributed by atoms with Crippen molar-refractivity contribution in [1.82, 2.24) is 0 Å². The first kappa shape index (κ1) is 8.45. The number of hydrogen-bond acceptors (Lipinski definition) is 0. The zero-order valence-corrected chi connectivity index (χ0v) is 6.42. The Hall–Kier alpha value is -0.650. The lowest BCUT2D eigenvalue weighted by Crippen LogP contribution is -2.02. The molecule has 0 aromatic carbocycles. The average Bonchev–Trinajstić information content (AvgIpc) is 2.33. The number of rotatable bonds is 0. The molecular weight excluding hydrogens is 153 g/mol. The summed E-state index contributed by atoms with van der Waals surface area (Å²) < 4.78 is 34.6. The summed E-state index contributed by atoms with van der Waals surface area (Å²) in [5.41, 5.74) is 0.0122. The van der Waals surface area contributed by atoms with Crippen molar-refractivity contribution in [2.45, 2.75) is 26.4 Å². The van der Waals surface area contributed by atoms with Crippen LogP contribution in [-0.2, 0) is 0 Å². The van der Waals surface area contributed by atoms with Gasteiger partial charge in [0, 0.05) is 11.8 Å². The molecule has 1 unspecified atom stereocenters. The first-order valence-electron chi connectivity index (χ1n) is 3.41. The molecule has 3 heteroatoms. The van der Waals surface area contributed by atoms with Gasteiger partial charge in [0.25, 0.3) is 0 Å². The van der Waals surface area contributed by atoms with Crippen molar-refractivity contribution in [2.24, 2.45) is 11.3 Å². The van der Waals surface area contributed by atoms with Gasteiger partial charge >= 0.3 is 6.18 Å². The summed E-state index contributed by atoms with van der Waals surface area (Å²) >= 11 is 0. The van der Waals surface area contributed by atoms with Crippen LogP contribution in [-0.4, -0.2) is 6.18 Å². The summed E-state index contributed by atoms with van der Waals surface area (Å²) in [7, 11) is 0. The number of hydrogen-bond donors (Lipinski definition) is 0. The molecule has 0 aromatic heterocycles. The summed E-state index contributed by atoms with van der Waals surface area (Å²) in [4.78, 5) is 0. The molecule has 62 valence electrons. The van der Waals surface area contributed by atoms with Crippen molar-refractivity contribution < 1.29 is 13.2 Å². The van der Waals surface area contributed by atoms with E-state index in [4.69, 9.17) is 0 Å². The highest BCUT2D eigenvalue weighted by atomic mass is 19.4. The van der Waals surface area contributed by atoms with Crippen LogP contribution in [0.4, 0.5) is 13.2 Å². The summed E-state index contributed by atoms with van der Waals surface area (Å²) in [5, 5.41) is 0. The van der Waals surface area contributed by atoms with E-state index < -0.39 is 6.18 Å².